The van der Waals surface area contributed by atoms with Crippen LogP contribution in [0.5, 0.6) is 11.5 Å². The van der Waals surface area contributed by atoms with Crippen molar-refractivity contribution in [3.63, 3.8) is 0 Å². The van der Waals surface area contributed by atoms with E-state index in [9.17, 15) is 0 Å². The minimum Gasteiger partial charge on any atom is -0.493 e. The summed E-state index contributed by atoms with van der Waals surface area (Å²) in [6.45, 7) is 2.92. The number of aryl methyl sites for hydroxylation is 1. The van der Waals surface area contributed by atoms with E-state index in [4.69, 9.17) is 14.0 Å². The fourth-order valence-corrected chi connectivity index (χ4v) is 2.45. The van der Waals surface area contributed by atoms with Gasteiger partial charge < -0.3 is 19.3 Å². The summed E-state index contributed by atoms with van der Waals surface area (Å²) in [7, 11) is 3.51. The molecule has 1 heterocycles. The SMILES string of the molecule is CCc1noc(COc2c(Br)cc(CNC)cc2OC)n1. The van der Waals surface area contributed by atoms with Gasteiger partial charge in [0.2, 0.25) is 0 Å². The molecule has 21 heavy (non-hydrogen) atoms. The second-order valence-electron chi connectivity index (χ2n) is 4.39. The molecule has 0 radical (unpaired) electrons. The van der Waals surface area contributed by atoms with E-state index in [1.807, 2.05) is 26.1 Å². The predicted molar refractivity (Wildman–Crippen MR) is 81.5 cm³/mol. The Morgan fingerprint density at radius 3 is 2.81 bits per heavy atom. The Morgan fingerprint density at radius 1 is 1.38 bits per heavy atom. The van der Waals surface area contributed by atoms with E-state index in [1.54, 1.807) is 7.11 Å². The summed E-state index contributed by atoms with van der Waals surface area (Å²) in [5, 5.41) is 6.93. The number of hydrogen-bond donors (Lipinski definition) is 1. The Balaban J connectivity index is 2.14. The highest BCUT2D eigenvalue weighted by atomic mass is 79.9. The zero-order valence-electron chi connectivity index (χ0n) is 12.3. The average Bonchev–Trinajstić information content (AvgIpc) is 2.94. The van der Waals surface area contributed by atoms with Gasteiger partial charge in [0.25, 0.3) is 5.89 Å². The van der Waals surface area contributed by atoms with E-state index >= 15 is 0 Å². The van der Waals surface area contributed by atoms with Gasteiger partial charge in [-0.25, -0.2) is 0 Å². The molecule has 7 heteroatoms. The van der Waals surface area contributed by atoms with Crippen LogP contribution >= 0.6 is 15.9 Å². The third-order valence-electron chi connectivity index (χ3n) is 2.84. The molecular formula is C14H18BrN3O3. The van der Waals surface area contributed by atoms with Crippen molar-refractivity contribution in [3.8, 4) is 11.5 Å². The van der Waals surface area contributed by atoms with Gasteiger partial charge in [-0.2, -0.15) is 4.98 Å². The van der Waals surface area contributed by atoms with Gasteiger partial charge in [-0.15, -0.1) is 0 Å². The van der Waals surface area contributed by atoms with Crippen molar-refractivity contribution >= 4 is 15.9 Å². The van der Waals surface area contributed by atoms with E-state index in [1.165, 1.54) is 0 Å². The lowest BCUT2D eigenvalue weighted by atomic mass is 10.2. The summed E-state index contributed by atoms with van der Waals surface area (Å²) in [6.07, 6.45) is 0.731. The third-order valence-corrected chi connectivity index (χ3v) is 3.43. The summed E-state index contributed by atoms with van der Waals surface area (Å²) in [5.41, 5.74) is 1.10. The Hall–Kier alpha value is -1.60. The molecule has 0 fully saturated rings. The predicted octanol–water partition coefficient (Wildman–Crippen LogP) is 2.70. The van der Waals surface area contributed by atoms with Crippen molar-refractivity contribution in [1.82, 2.24) is 15.5 Å². The smallest absolute Gasteiger partial charge is 0.264 e. The van der Waals surface area contributed by atoms with E-state index in [0.717, 1.165) is 23.0 Å². The minimum atomic E-state index is 0.202. The van der Waals surface area contributed by atoms with E-state index in [0.29, 0.717) is 23.2 Å². The maximum absolute atomic E-state index is 5.75. The molecule has 0 aliphatic rings. The molecule has 1 N–H and O–H groups in total. The molecule has 2 aromatic rings. The van der Waals surface area contributed by atoms with Gasteiger partial charge >= 0.3 is 0 Å². The Labute approximate surface area is 132 Å². The zero-order valence-corrected chi connectivity index (χ0v) is 13.9. The molecule has 0 aliphatic carbocycles. The highest BCUT2D eigenvalue weighted by Gasteiger charge is 2.13. The lowest BCUT2D eigenvalue weighted by Crippen LogP contribution is -2.06. The molecule has 0 unspecified atom stereocenters. The number of hydrogen-bond acceptors (Lipinski definition) is 6. The van der Waals surface area contributed by atoms with Gasteiger partial charge in [0.1, 0.15) is 0 Å². The molecule has 0 amide bonds. The quantitative estimate of drug-likeness (QED) is 0.823. The number of methoxy groups -OCH3 is 1. The van der Waals surface area contributed by atoms with Crippen LogP contribution in [0.4, 0.5) is 0 Å². The van der Waals surface area contributed by atoms with Crippen molar-refractivity contribution in [2.45, 2.75) is 26.5 Å². The topological polar surface area (TPSA) is 69.4 Å². The lowest BCUT2D eigenvalue weighted by Gasteiger charge is -2.13. The second-order valence-corrected chi connectivity index (χ2v) is 5.24. The van der Waals surface area contributed by atoms with Gasteiger partial charge in [-0.05, 0) is 40.7 Å². The molecule has 114 valence electrons. The number of halogens is 1. The van der Waals surface area contributed by atoms with Crippen LogP contribution in [0.25, 0.3) is 0 Å². The monoisotopic (exact) mass is 355 g/mol. The van der Waals surface area contributed by atoms with Crippen molar-refractivity contribution in [3.05, 3.63) is 33.9 Å². The molecule has 0 bridgehead atoms. The van der Waals surface area contributed by atoms with Crippen LogP contribution in [-0.2, 0) is 19.6 Å². The number of benzene rings is 1. The van der Waals surface area contributed by atoms with Crippen molar-refractivity contribution in [1.29, 1.82) is 0 Å². The third kappa shape index (κ3) is 3.95. The maximum atomic E-state index is 5.75. The number of aromatic nitrogens is 2. The number of nitrogens with zero attached hydrogens (tertiary/aromatic N) is 2. The summed E-state index contributed by atoms with van der Waals surface area (Å²) < 4.78 is 17.0. The fourth-order valence-electron chi connectivity index (χ4n) is 1.85. The molecule has 0 aliphatic heterocycles. The van der Waals surface area contributed by atoms with Gasteiger partial charge in [0, 0.05) is 13.0 Å². The Morgan fingerprint density at radius 2 is 2.19 bits per heavy atom. The fraction of sp³-hybridized carbons (Fsp3) is 0.429. The molecule has 0 spiro atoms. The first-order chi connectivity index (χ1) is 10.2. The van der Waals surface area contributed by atoms with Crippen LogP contribution in [0, 0.1) is 0 Å². The van der Waals surface area contributed by atoms with Gasteiger partial charge in [-0.3, -0.25) is 0 Å². The molecule has 0 atom stereocenters. The molecule has 1 aromatic carbocycles. The first-order valence-electron chi connectivity index (χ1n) is 6.63. The van der Waals surface area contributed by atoms with Crippen molar-refractivity contribution in [2.75, 3.05) is 14.2 Å². The zero-order chi connectivity index (χ0) is 15.2. The summed E-state index contributed by atoms with van der Waals surface area (Å²) in [4.78, 5) is 4.21. The summed E-state index contributed by atoms with van der Waals surface area (Å²) in [5.74, 6) is 2.39. The number of nitrogens with one attached hydrogen (secondary N) is 1. The molecule has 1 aromatic heterocycles. The van der Waals surface area contributed by atoms with Gasteiger partial charge in [0.05, 0.1) is 11.6 Å². The highest BCUT2D eigenvalue weighted by molar-refractivity contribution is 9.10. The first kappa shape index (κ1) is 15.8. The highest BCUT2D eigenvalue weighted by Crippen LogP contribution is 2.37. The average molecular weight is 356 g/mol. The van der Waals surface area contributed by atoms with Crippen molar-refractivity contribution < 1.29 is 14.0 Å². The summed E-state index contributed by atoms with van der Waals surface area (Å²) >= 11 is 3.50. The standard InChI is InChI=1S/C14H18BrN3O3/c1-4-12-17-13(21-18-12)8-20-14-10(15)5-9(7-16-2)6-11(14)19-3/h5-6,16H,4,7-8H2,1-3H3. The van der Waals surface area contributed by atoms with Crippen LogP contribution in [-0.4, -0.2) is 24.3 Å². The minimum absolute atomic E-state index is 0.202. The van der Waals surface area contributed by atoms with E-state index in [2.05, 4.69) is 31.4 Å². The van der Waals surface area contributed by atoms with Crippen LogP contribution in [0.3, 0.4) is 0 Å². The van der Waals surface area contributed by atoms with Gasteiger partial charge in [0.15, 0.2) is 23.9 Å². The Bertz CT molecular complexity index is 601. The van der Waals surface area contributed by atoms with Crippen molar-refractivity contribution in [2.24, 2.45) is 0 Å². The maximum Gasteiger partial charge on any atom is 0.264 e. The van der Waals surface area contributed by atoms with Gasteiger partial charge in [-0.1, -0.05) is 12.1 Å². The normalized spacial score (nSPS) is 10.7. The molecular weight excluding hydrogens is 338 g/mol. The van der Waals surface area contributed by atoms with Crippen LogP contribution in [0.1, 0.15) is 24.2 Å². The molecule has 2 rings (SSSR count). The summed E-state index contributed by atoms with van der Waals surface area (Å²) in [6, 6.07) is 3.92. The van der Waals surface area contributed by atoms with E-state index < -0.39 is 0 Å². The van der Waals surface area contributed by atoms with Crippen LogP contribution < -0.4 is 14.8 Å². The van der Waals surface area contributed by atoms with Crippen LogP contribution in [0.2, 0.25) is 0 Å². The molecule has 0 saturated heterocycles. The van der Waals surface area contributed by atoms with Crippen LogP contribution in [0.15, 0.2) is 21.1 Å². The Kier molecular flexibility index (Phi) is 5.58. The lowest BCUT2D eigenvalue weighted by molar-refractivity contribution is 0.231. The number of rotatable bonds is 7. The molecule has 0 saturated carbocycles. The second kappa shape index (κ2) is 7.42. The largest absolute Gasteiger partial charge is 0.493 e. The molecule has 6 nitrogen and oxygen atoms in total. The van der Waals surface area contributed by atoms with E-state index in [-0.39, 0.29) is 6.61 Å². The first-order valence-corrected chi connectivity index (χ1v) is 7.42. The number of ether oxygens (including phenoxy) is 2.